The standard InChI is InChI=1S/C11H18F3NO3/c1-6(2)5-8(9(16)18-7(3)4)15-10(17)11(12,13)14/h6-8H,5H2,1-4H3,(H,15,17). The summed E-state index contributed by atoms with van der Waals surface area (Å²) >= 11 is 0. The molecule has 1 unspecified atom stereocenters. The monoisotopic (exact) mass is 269 g/mol. The quantitative estimate of drug-likeness (QED) is 0.777. The lowest BCUT2D eigenvalue weighted by Gasteiger charge is -2.21. The second-order valence-corrected chi connectivity index (χ2v) is 4.64. The molecule has 0 aromatic rings. The molecular weight excluding hydrogens is 251 g/mol. The zero-order valence-corrected chi connectivity index (χ0v) is 10.8. The van der Waals surface area contributed by atoms with Gasteiger partial charge in [-0.25, -0.2) is 4.79 Å². The van der Waals surface area contributed by atoms with Gasteiger partial charge in [0.15, 0.2) is 0 Å². The van der Waals surface area contributed by atoms with Crippen LogP contribution in [-0.4, -0.2) is 30.2 Å². The van der Waals surface area contributed by atoms with Crippen LogP contribution in [-0.2, 0) is 14.3 Å². The van der Waals surface area contributed by atoms with Crippen LogP contribution in [0.1, 0.15) is 34.1 Å². The summed E-state index contributed by atoms with van der Waals surface area (Å²) in [6.07, 6.45) is -5.37. The molecule has 0 spiro atoms. The van der Waals surface area contributed by atoms with E-state index in [1.165, 1.54) is 0 Å². The summed E-state index contributed by atoms with van der Waals surface area (Å²) in [4.78, 5) is 22.4. The first-order valence-electron chi connectivity index (χ1n) is 5.62. The van der Waals surface area contributed by atoms with Crippen molar-refractivity contribution in [3.63, 3.8) is 0 Å². The minimum Gasteiger partial charge on any atom is -0.461 e. The molecule has 0 bridgehead atoms. The van der Waals surface area contributed by atoms with Crippen molar-refractivity contribution in [3.05, 3.63) is 0 Å². The zero-order chi connectivity index (χ0) is 14.5. The lowest BCUT2D eigenvalue weighted by atomic mass is 10.0. The number of halogens is 3. The van der Waals surface area contributed by atoms with Crippen molar-refractivity contribution in [1.29, 1.82) is 0 Å². The molecule has 0 aromatic heterocycles. The smallest absolute Gasteiger partial charge is 0.461 e. The van der Waals surface area contributed by atoms with E-state index in [0.717, 1.165) is 0 Å². The van der Waals surface area contributed by atoms with E-state index in [1.54, 1.807) is 33.0 Å². The Morgan fingerprint density at radius 3 is 2.00 bits per heavy atom. The van der Waals surface area contributed by atoms with Gasteiger partial charge in [0, 0.05) is 0 Å². The van der Waals surface area contributed by atoms with Crippen LogP contribution in [0.5, 0.6) is 0 Å². The minimum atomic E-state index is -5.01. The number of carbonyl (C=O) groups excluding carboxylic acids is 2. The van der Waals surface area contributed by atoms with Gasteiger partial charge in [-0.05, 0) is 26.2 Å². The van der Waals surface area contributed by atoms with Crippen molar-refractivity contribution in [2.24, 2.45) is 5.92 Å². The lowest BCUT2D eigenvalue weighted by molar-refractivity contribution is -0.176. The van der Waals surface area contributed by atoms with Gasteiger partial charge in [-0.3, -0.25) is 4.79 Å². The highest BCUT2D eigenvalue weighted by Crippen LogP contribution is 2.16. The highest BCUT2D eigenvalue weighted by Gasteiger charge is 2.41. The van der Waals surface area contributed by atoms with Crippen LogP contribution in [0.2, 0.25) is 0 Å². The maximum Gasteiger partial charge on any atom is 0.471 e. The van der Waals surface area contributed by atoms with Crippen LogP contribution >= 0.6 is 0 Å². The second-order valence-electron chi connectivity index (χ2n) is 4.64. The fourth-order valence-corrected chi connectivity index (χ4v) is 1.24. The van der Waals surface area contributed by atoms with Gasteiger partial charge in [0.1, 0.15) is 6.04 Å². The van der Waals surface area contributed by atoms with Crippen molar-refractivity contribution in [3.8, 4) is 0 Å². The summed E-state index contributed by atoms with van der Waals surface area (Å²) in [6, 6.07) is -1.28. The number of esters is 1. The molecule has 0 saturated heterocycles. The van der Waals surface area contributed by atoms with E-state index in [4.69, 9.17) is 4.74 Å². The highest BCUT2D eigenvalue weighted by atomic mass is 19.4. The average Bonchev–Trinajstić information content (AvgIpc) is 2.12. The third-order valence-corrected chi connectivity index (χ3v) is 1.91. The summed E-state index contributed by atoms with van der Waals surface area (Å²) in [7, 11) is 0. The summed E-state index contributed by atoms with van der Waals surface area (Å²) in [5.41, 5.74) is 0. The Labute approximate surface area is 104 Å². The third kappa shape index (κ3) is 6.46. The fourth-order valence-electron chi connectivity index (χ4n) is 1.24. The molecule has 0 heterocycles. The maximum atomic E-state index is 12.1. The first-order chi connectivity index (χ1) is 8.04. The van der Waals surface area contributed by atoms with Crippen LogP contribution in [0.25, 0.3) is 0 Å². The van der Waals surface area contributed by atoms with Gasteiger partial charge in [-0.1, -0.05) is 13.8 Å². The van der Waals surface area contributed by atoms with Crippen LogP contribution in [0.15, 0.2) is 0 Å². The predicted octanol–water partition coefficient (Wildman–Crippen LogP) is 2.03. The van der Waals surface area contributed by atoms with Crippen molar-refractivity contribution in [2.75, 3.05) is 0 Å². The van der Waals surface area contributed by atoms with Crippen LogP contribution in [0.3, 0.4) is 0 Å². The van der Waals surface area contributed by atoms with Crippen molar-refractivity contribution in [2.45, 2.75) is 52.4 Å². The van der Waals surface area contributed by atoms with Crippen LogP contribution in [0.4, 0.5) is 13.2 Å². The molecule has 106 valence electrons. The lowest BCUT2D eigenvalue weighted by Crippen LogP contribution is -2.48. The molecule has 0 aliphatic carbocycles. The minimum absolute atomic E-state index is 0.0526. The first kappa shape index (κ1) is 16.7. The number of carbonyl (C=O) groups is 2. The SMILES string of the molecule is CC(C)CC(NC(=O)C(F)(F)F)C(=O)OC(C)C. The largest absolute Gasteiger partial charge is 0.471 e. The normalized spacial score (nSPS) is 13.6. The number of ether oxygens (including phenoxy) is 1. The first-order valence-corrected chi connectivity index (χ1v) is 5.62. The summed E-state index contributed by atoms with van der Waals surface area (Å²) in [6.45, 7) is 6.62. The topological polar surface area (TPSA) is 55.4 Å². The van der Waals surface area contributed by atoms with Gasteiger partial charge in [0.2, 0.25) is 0 Å². The van der Waals surface area contributed by atoms with Gasteiger partial charge < -0.3 is 10.1 Å². The summed E-state index contributed by atoms with van der Waals surface area (Å²) in [5.74, 6) is -3.03. The van der Waals surface area contributed by atoms with Crippen LogP contribution in [0, 0.1) is 5.92 Å². The Balaban J connectivity index is 4.69. The highest BCUT2D eigenvalue weighted by molar-refractivity contribution is 5.87. The molecule has 1 amide bonds. The molecule has 0 aliphatic heterocycles. The number of hydrogen-bond donors (Lipinski definition) is 1. The third-order valence-electron chi connectivity index (χ3n) is 1.91. The molecule has 1 N–H and O–H groups in total. The molecule has 7 heteroatoms. The Hall–Kier alpha value is -1.27. The number of rotatable bonds is 5. The van der Waals surface area contributed by atoms with Gasteiger partial charge in [-0.15, -0.1) is 0 Å². The molecule has 18 heavy (non-hydrogen) atoms. The molecular formula is C11H18F3NO3. The van der Waals surface area contributed by atoms with Crippen molar-refractivity contribution < 1.29 is 27.5 Å². The van der Waals surface area contributed by atoms with Crippen molar-refractivity contribution >= 4 is 11.9 Å². The second kappa shape index (κ2) is 6.61. The van der Waals surface area contributed by atoms with E-state index in [1.807, 2.05) is 0 Å². The van der Waals surface area contributed by atoms with E-state index >= 15 is 0 Å². The Bertz CT molecular complexity index is 300. The fraction of sp³-hybridized carbons (Fsp3) is 0.818. The average molecular weight is 269 g/mol. The van der Waals surface area contributed by atoms with Crippen molar-refractivity contribution in [1.82, 2.24) is 5.32 Å². The van der Waals surface area contributed by atoms with Gasteiger partial charge in [0.25, 0.3) is 0 Å². The number of hydrogen-bond acceptors (Lipinski definition) is 3. The van der Waals surface area contributed by atoms with Gasteiger partial charge >= 0.3 is 18.1 Å². The number of alkyl halides is 3. The van der Waals surface area contributed by atoms with E-state index < -0.39 is 30.2 Å². The van der Waals surface area contributed by atoms with E-state index in [-0.39, 0.29) is 12.3 Å². The summed E-state index contributed by atoms with van der Waals surface area (Å²) in [5, 5.41) is 1.65. The maximum absolute atomic E-state index is 12.1. The van der Waals surface area contributed by atoms with Gasteiger partial charge in [-0.2, -0.15) is 13.2 Å². The van der Waals surface area contributed by atoms with E-state index in [0.29, 0.717) is 0 Å². The molecule has 0 aliphatic rings. The Morgan fingerprint density at radius 1 is 1.17 bits per heavy atom. The Kier molecular flexibility index (Phi) is 6.14. The van der Waals surface area contributed by atoms with E-state index in [9.17, 15) is 22.8 Å². The predicted molar refractivity (Wildman–Crippen MR) is 58.7 cm³/mol. The number of amides is 1. The molecule has 0 saturated carbocycles. The van der Waals surface area contributed by atoms with E-state index in [2.05, 4.69) is 0 Å². The molecule has 1 atom stereocenters. The molecule has 0 aromatic carbocycles. The van der Waals surface area contributed by atoms with Crippen LogP contribution < -0.4 is 5.32 Å². The van der Waals surface area contributed by atoms with Gasteiger partial charge in [0.05, 0.1) is 6.10 Å². The Morgan fingerprint density at radius 2 is 1.67 bits per heavy atom. The molecule has 4 nitrogen and oxygen atoms in total. The molecule has 0 radical (unpaired) electrons. The zero-order valence-electron chi connectivity index (χ0n) is 10.8. The number of nitrogens with one attached hydrogen (secondary N) is 1. The molecule has 0 fully saturated rings. The molecule has 0 rings (SSSR count). The summed E-state index contributed by atoms with van der Waals surface area (Å²) < 4.78 is 41.1.